The molecule has 0 aromatic heterocycles. The van der Waals surface area contributed by atoms with Crippen molar-refractivity contribution in [2.45, 2.75) is 61.8 Å². The summed E-state index contributed by atoms with van der Waals surface area (Å²) in [7, 11) is 0. The zero-order valence-electron chi connectivity index (χ0n) is 18.2. The van der Waals surface area contributed by atoms with Crippen molar-refractivity contribution in [3.8, 4) is 0 Å². The second-order valence-corrected chi connectivity index (χ2v) is 5.00. The number of rotatable bonds is 7. The smallest absolute Gasteiger partial charge is 0.0461 e. The van der Waals surface area contributed by atoms with E-state index in [1.807, 2.05) is 33.8 Å². The van der Waals surface area contributed by atoms with Crippen molar-refractivity contribution in [2.24, 2.45) is 0 Å². The normalized spacial score (nSPS) is 11.5. The largest absolute Gasteiger partial charge is 0.311 e. The summed E-state index contributed by atoms with van der Waals surface area (Å²) in [5.74, 6) is 0. The molecule has 0 radical (unpaired) electrons. The van der Waals surface area contributed by atoms with Gasteiger partial charge in [0.1, 0.15) is 0 Å². The van der Waals surface area contributed by atoms with Crippen LogP contribution < -0.4 is 4.90 Å². The van der Waals surface area contributed by atoms with Crippen molar-refractivity contribution >= 4 is 5.69 Å². The third-order valence-corrected chi connectivity index (χ3v) is 3.33. The molecule has 1 rings (SSSR count). The molecule has 1 heteroatoms. The average Bonchev–Trinajstić information content (AvgIpc) is 2.71. The highest BCUT2D eigenvalue weighted by molar-refractivity contribution is 5.63. The first-order valence-corrected chi connectivity index (χ1v) is 9.83. The van der Waals surface area contributed by atoms with Crippen LogP contribution in [0.4, 0.5) is 5.69 Å². The average molecular weight is 354 g/mol. The number of hydrogen-bond acceptors (Lipinski definition) is 1. The van der Waals surface area contributed by atoms with Crippen molar-refractivity contribution in [1.82, 2.24) is 0 Å². The van der Waals surface area contributed by atoms with Gasteiger partial charge in [-0.25, -0.2) is 0 Å². The van der Waals surface area contributed by atoms with Crippen LogP contribution in [0.1, 0.15) is 60.5 Å². The van der Waals surface area contributed by atoms with E-state index in [4.69, 9.17) is 0 Å². The van der Waals surface area contributed by atoms with Gasteiger partial charge in [-0.15, -0.1) is 0 Å². The van der Waals surface area contributed by atoms with Crippen LogP contribution in [0, 0.1) is 6.92 Å². The van der Waals surface area contributed by atoms with E-state index >= 15 is 0 Å². The molecular formula is C25H39N. The molecule has 0 unspecified atom stereocenters. The van der Waals surface area contributed by atoms with Crippen LogP contribution in [0.3, 0.4) is 0 Å². The SMILES string of the molecule is C=C/C=C\C(=C/C)N(C(/C=C\CC)=C/C)c1ccc(C)cc1.CC.CC. The van der Waals surface area contributed by atoms with Crippen LogP contribution in [0.5, 0.6) is 0 Å². The molecule has 0 fully saturated rings. The Bertz CT molecular complexity index is 583. The second kappa shape index (κ2) is 17.5. The fourth-order valence-electron chi connectivity index (χ4n) is 2.15. The van der Waals surface area contributed by atoms with Gasteiger partial charge in [0.05, 0.1) is 0 Å². The van der Waals surface area contributed by atoms with Gasteiger partial charge in [0.15, 0.2) is 0 Å². The number of aryl methyl sites for hydroxylation is 1. The van der Waals surface area contributed by atoms with E-state index in [0.29, 0.717) is 0 Å². The van der Waals surface area contributed by atoms with Gasteiger partial charge < -0.3 is 4.90 Å². The summed E-state index contributed by atoms with van der Waals surface area (Å²) in [6, 6.07) is 8.60. The quantitative estimate of drug-likeness (QED) is 0.445. The van der Waals surface area contributed by atoms with Crippen LogP contribution >= 0.6 is 0 Å². The molecule has 0 spiro atoms. The van der Waals surface area contributed by atoms with E-state index in [9.17, 15) is 0 Å². The summed E-state index contributed by atoms with van der Waals surface area (Å²) in [6.45, 7) is 20.1. The van der Waals surface area contributed by atoms with Crippen LogP contribution in [0.15, 0.2) is 84.8 Å². The van der Waals surface area contributed by atoms with E-state index in [0.717, 1.165) is 23.5 Å². The Kier molecular flexibility index (Phi) is 17.5. The molecule has 0 aliphatic carbocycles. The number of nitrogens with zero attached hydrogens (tertiary/aromatic N) is 1. The summed E-state index contributed by atoms with van der Waals surface area (Å²) in [5.41, 5.74) is 4.70. The van der Waals surface area contributed by atoms with E-state index in [1.54, 1.807) is 6.08 Å². The molecule has 0 heterocycles. The van der Waals surface area contributed by atoms with Gasteiger partial charge in [-0.2, -0.15) is 0 Å². The summed E-state index contributed by atoms with van der Waals surface area (Å²) in [5, 5.41) is 0. The van der Waals surface area contributed by atoms with Crippen LogP contribution in [0.2, 0.25) is 0 Å². The van der Waals surface area contributed by atoms with Crippen LogP contribution in [0.25, 0.3) is 0 Å². The fourth-order valence-corrected chi connectivity index (χ4v) is 2.15. The zero-order valence-corrected chi connectivity index (χ0v) is 18.2. The Hall–Kier alpha value is -2.28. The van der Waals surface area contributed by atoms with E-state index in [-0.39, 0.29) is 0 Å². The van der Waals surface area contributed by atoms with Gasteiger partial charge >= 0.3 is 0 Å². The number of benzene rings is 1. The number of hydrogen-bond donors (Lipinski definition) is 0. The Labute approximate surface area is 163 Å². The summed E-state index contributed by atoms with van der Waals surface area (Å²) >= 11 is 0. The lowest BCUT2D eigenvalue weighted by Crippen LogP contribution is -2.19. The molecule has 144 valence electrons. The highest BCUT2D eigenvalue weighted by Crippen LogP contribution is 2.26. The summed E-state index contributed by atoms with van der Waals surface area (Å²) in [4.78, 5) is 2.26. The maximum Gasteiger partial charge on any atom is 0.0461 e. The highest BCUT2D eigenvalue weighted by atomic mass is 15.1. The van der Waals surface area contributed by atoms with Gasteiger partial charge in [-0.3, -0.25) is 0 Å². The Morgan fingerprint density at radius 1 is 0.923 bits per heavy atom. The maximum absolute atomic E-state index is 3.76. The topological polar surface area (TPSA) is 3.24 Å². The third kappa shape index (κ3) is 9.27. The first kappa shape index (κ1) is 26.0. The molecule has 1 aromatic rings. The zero-order chi connectivity index (χ0) is 20.4. The van der Waals surface area contributed by atoms with Crippen molar-refractivity contribution in [1.29, 1.82) is 0 Å². The van der Waals surface area contributed by atoms with E-state index < -0.39 is 0 Å². The molecule has 0 saturated heterocycles. The molecular weight excluding hydrogens is 314 g/mol. The van der Waals surface area contributed by atoms with E-state index in [2.05, 4.69) is 93.8 Å². The van der Waals surface area contributed by atoms with Crippen molar-refractivity contribution in [3.05, 3.63) is 90.3 Å². The molecule has 0 N–H and O–H groups in total. The molecule has 1 aromatic carbocycles. The monoisotopic (exact) mass is 353 g/mol. The predicted octanol–water partition coefficient (Wildman–Crippen LogP) is 8.37. The standard InChI is InChI=1S/C21H27N.2C2H6/c1-6-10-12-19(8-3)22(20(9-4)13-11-7-2)21-16-14-18(5)15-17-21;2*1-2/h6,8-17H,1,7H2,2-5H3;2*1-2H3/b12-10-,13-11-,19-8+,20-9+;;. The van der Waals surface area contributed by atoms with Gasteiger partial charge in [0.2, 0.25) is 0 Å². The fraction of sp³-hybridized carbons (Fsp3) is 0.360. The van der Waals surface area contributed by atoms with Crippen molar-refractivity contribution < 1.29 is 0 Å². The molecule has 0 saturated carbocycles. The molecule has 0 aliphatic heterocycles. The van der Waals surface area contributed by atoms with Gasteiger partial charge in [0.25, 0.3) is 0 Å². The molecule has 0 aliphatic rings. The van der Waals surface area contributed by atoms with Crippen LogP contribution in [-0.4, -0.2) is 0 Å². The Morgan fingerprint density at radius 3 is 1.85 bits per heavy atom. The molecule has 0 atom stereocenters. The first-order chi connectivity index (χ1) is 12.7. The lowest BCUT2D eigenvalue weighted by Gasteiger charge is -2.27. The minimum absolute atomic E-state index is 1.02. The molecule has 1 nitrogen and oxygen atoms in total. The lowest BCUT2D eigenvalue weighted by molar-refractivity contribution is 1.11. The van der Waals surface area contributed by atoms with Crippen molar-refractivity contribution in [3.63, 3.8) is 0 Å². The van der Waals surface area contributed by atoms with Crippen LogP contribution in [-0.2, 0) is 0 Å². The maximum atomic E-state index is 3.76. The molecule has 0 bridgehead atoms. The lowest BCUT2D eigenvalue weighted by atomic mass is 10.1. The van der Waals surface area contributed by atoms with Crippen molar-refractivity contribution in [2.75, 3.05) is 4.90 Å². The number of allylic oxidation sites excluding steroid dienone is 7. The predicted molar refractivity (Wildman–Crippen MR) is 123 cm³/mol. The second-order valence-electron chi connectivity index (χ2n) is 5.00. The minimum Gasteiger partial charge on any atom is -0.311 e. The Balaban J connectivity index is 0. The highest BCUT2D eigenvalue weighted by Gasteiger charge is 2.12. The summed E-state index contributed by atoms with van der Waals surface area (Å²) < 4.78 is 0. The minimum atomic E-state index is 1.02. The van der Waals surface area contributed by atoms with Gasteiger partial charge in [-0.05, 0) is 51.5 Å². The molecule has 0 amide bonds. The molecule has 26 heavy (non-hydrogen) atoms. The van der Waals surface area contributed by atoms with E-state index in [1.165, 1.54) is 5.56 Å². The van der Waals surface area contributed by atoms with Gasteiger partial charge in [-0.1, -0.05) is 89.3 Å². The Morgan fingerprint density at radius 2 is 1.42 bits per heavy atom. The summed E-state index contributed by atoms with van der Waals surface area (Å²) in [6.07, 6.45) is 15.5. The third-order valence-electron chi connectivity index (χ3n) is 3.33. The first-order valence-electron chi connectivity index (χ1n) is 9.83. The van der Waals surface area contributed by atoms with Gasteiger partial charge in [0, 0.05) is 17.1 Å². The number of anilines is 1.